The first-order chi connectivity index (χ1) is 9.05. The van der Waals surface area contributed by atoms with Crippen molar-refractivity contribution in [1.82, 2.24) is 0 Å². The maximum Gasteiger partial charge on any atom is 0.311 e. The number of carbonyl (C=O) groups excluding carboxylic acids is 1. The van der Waals surface area contributed by atoms with Crippen LogP contribution in [0.25, 0.3) is 0 Å². The normalized spacial score (nSPS) is 25.0. The second-order valence-electron chi connectivity index (χ2n) is 6.77. The summed E-state index contributed by atoms with van der Waals surface area (Å²) < 4.78 is 10.8. The zero-order chi connectivity index (χ0) is 15.8. The Morgan fingerprint density at radius 2 is 1.80 bits per heavy atom. The highest BCUT2D eigenvalue weighted by atomic mass is 28.4. The Kier molecular flexibility index (Phi) is 4.33. The van der Waals surface area contributed by atoms with Crippen LogP contribution >= 0.6 is 0 Å². The first-order valence-electron chi connectivity index (χ1n) is 6.64. The number of rotatable bonds is 3. The number of hydrogen-bond donors (Lipinski definition) is 0. The predicted molar refractivity (Wildman–Crippen MR) is 75.9 cm³/mol. The summed E-state index contributed by atoms with van der Waals surface area (Å²) in [6.07, 6.45) is -0.136. The molecule has 0 amide bonds. The molecule has 0 radical (unpaired) electrons. The van der Waals surface area contributed by atoms with Gasteiger partial charge in [-0.15, -0.1) is 0 Å². The molecule has 1 fully saturated rings. The van der Waals surface area contributed by atoms with Crippen molar-refractivity contribution in [2.45, 2.75) is 51.4 Å². The third-order valence-corrected chi connectivity index (χ3v) is 9.09. The molecular weight excluding hydrogens is 272 g/mol. The zero-order valence-electron chi connectivity index (χ0n) is 13.0. The number of nitriles is 2. The number of methoxy groups -OCH3 is 1. The number of hydrogen-bond acceptors (Lipinski definition) is 5. The minimum Gasteiger partial charge on any atom is -0.469 e. The topological polar surface area (TPSA) is 83.1 Å². The van der Waals surface area contributed by atoms with Crippen molar-refractivity contribution in [1.29, 1.82) is 10.5 Å². The summed E-state index contributed by atoms with van der Waals surface area (Å²) >= 11 is 0. The van der Waals surface area contributed by atoms with Gasteiger partial charge in [0, 0.05) is 0 Å². The van der Waals surface area contributed by atoms with Crippen molar-refractivity contribution in [3.05, 3.63) is 0 Å². The Labute approximate surface area is 121 Å². The van der Waals surface area contributed by atoms with Crippen molar-refractivity contribution in [2.75, 3.05) is 7.11 Å². The van der Waals surface area contributed by atoms with Gasteiger partial charge < -0.3 is 9.16 Å². The fourth-order valence-corrected chi connectivity index (χ4v) is 3.42. The highest BCUT2D eigenvalue weighted by molar-refractivity contribution is 6.74. The summed E-state index contributed by atoms with van der Waals surface area (Å²) in [7, 11) is -0.820. The van der Waals surface area contributed by atoms with E-state index >= 15 is 0 Å². The number of ether oxygens (including phenoxy) is 1. The van der Waals surface area contributed by atoms with Crippen LogP contribution in [0.1, 0.15) is 27.2 Å². The molecule has 1 rings (SSSR count). The van der Waals surface area contributed by atoms with Crippen LogP contribution in [-0.4, -0.2) is 27.5 Å². The molecular formula is C14H22N2O3Si. The van der Waals surface area contributed by atoms with Gasteiger partial charge in [-0.1, -0.05) is 20.8 Å². The SMILES string of the molecule is COC(=O)[C@H]1C[C@@H](O[Si](C)(C)C(C)(C)C)C1(C#N)C#N. The molecule has 1 saturated carbocycles. The largest absolute Gasteiger partial charge is 0.469 e. The van der Waals surface area contributed by atoms with Gasteiger partial charge in [-0.05, 0) is 24.6 Å². The molecule has 0 saturated heterocycles. The Morgan fingerprint density at radius 1 is 1.30 bits per heavy atom. The van der Waals surface area contributed by atoms with E-state index in [1.54, 1.807) is 0 Å². The highest BCUT2D eigenvalue weighted by Crippen LogP contribution is 2.51. The van der Waals surface area contributed by atoms with Gasteiger partial charge in [-0.2, -0.15) is 10.5 Å². The summed E-state index contributed by atoms with van der Waals surface area (Å²) in [4.78, 5) is 11.7. The minimum absolute atomic E-state index is 0.0139. The lowest BCUT2D eigenvalue weighted by Crippen LogP contribution is -2.60. The van der Waals surface area contributed by atoms with Gasteiger partial charge in [0.1, 0.15) is 0 Å². The lowest BCUT2D eigenvalue weighted by Gasteiger charge is -2.50. The molecule has 0 heterocycles. The first kappa shape index (κ1) is 16.7. The van der Waals surface area contributed by atoms with Crippen LogP contribution in [0.4, 0.5) is 0 Å². The molecule has 0 aromatic heterocycles. The second-order valence-corrected chi connectivity index (χ2v) is 11.5. The van der Waals surface area contributed by atoms with E-state index in [1.165, 1.54) is 7.11 Å². The van der Waals surface area contributed by atoms with E-state index in [4.69, 9.17) is 4.43 Å². The second kappa shape index (κ2) is 5.20. The lowest BCUT2D eigenvalue weighted by molar-refractivity contribution is -0.161. The molecule has 0 aromatic carbocycles. The lowest BCUT2D eigenvalue weighted by atomic mass is 9.59. The van der Waals surface area contributed by atoms with Gasteiger partial charge in [-0.3, -0.25) is 4.79 Å². The minimum atomic E-state index is -2.09. The third-order valence-electron chi connectivity index (χ3n) is 4.61. The van der Waals surface area contributed by atoms with Crippen LogP contribution in [0.2, 0.25) is 18.1 Å². The maximum atomic E-state index is 11.7. The molecule has 20 heavy (non-hydrogen) atoms. The van der Waals surface area contributed by atoms with E-state index in [9.17, 15) is 15.3 Å². The summed E-state index contributed by atoms with van der Waals surface area (Å²) in [5.74, 6) is -1.22. The summed E-state index contributed by atoms with van der Waals surface area (Å²) in [6.45, 7) is 10.4. The number of nitrogens with zero attached hydrogens (tertiary/aromatic N) is 2. The molecule has 1 aliphatic carbocycles. The van der Waals surface area contributed by atoms with E-state index in [0.29, 0.717) is 6.42 Å². The van der Waals surface area contributed by atoms with Gasteiger partial charge in [-0.25, -0.2) is 0 Å². The molecule has 0 spiro atoms. The van der Waals surface area contributed by atoms with Crippen LogP contribution in [0, 0.1) is 34.0 Å². The van der Waals surface area contributed by atoms with Gasteiger partial charge in [0.2, 0.25) is 0 Å². The van der Waals surface area contributed by atoms with Crippen LogP contribution in [-0.2, 0) is 14.0 Å². The molecule has 0 N–H and O–H groups in total. The Hall–Kier alpha value is -1.37. The molecule has 110 valence electrons. The van der Waals surface area contributed by atoms with Crippen LogP contribution in [0.3, 0.4) is 0 Å². The number of carbonyl (C=O) groups is 1. The molecule has 0 bridgehead atoms. The average Bonchev–Trinajstić information content (AvgIpc) is 2.33. The smallest absolute Gasteiger partial charge is 0.311 e. The molecule has 5 nitrogen and oxygen atoms in total. The maximum absolute atomic E-state index is 11.7. The van der Waals surface area contributed by atoms with E-state index < -0.39 is 31.7 Å². The van der Waals surface area contributed by atoms with Gasteiger partial charge in [0.15, 0.2) is 13.7 Å². The molecule has 1 aliphatic rings. The molecule has 0 aromatic rings. The first-order valence-corrected chi connectivity index (χ1v) is 9.54. The van der Waals surface area contributed by atoms with Crippen LogP contribution in [0.5, 0.6) is 0 Å². The van der Waals surface area contributed by atoms with Gasteiger partial charge in [0.25, 0.3) is 0 Å². The fourth-order valence-electron chi connectivity index (χ4n) is 2.07. The predicted octanol–water partition coefficient (Wildman–Crippen LogP) is 2.60. The van der Waals surface area contributed by atoms with Crippen molar-refractivity contribution in [3.8, 4) is 12.1 Å². The Bertz CT molecular complexity index is 468. The van der Waals surface area contributed by atoms with Crippen LogP contribution < -0.4 is 0 Å². The summed E-state index contributed by atoms with van der Waals surface area (Å²) in [6, 6.07) is 3.98. The molecule has 0 aliphatic heterocycles. The molecule has 6 heteroatoms. The summed E-state index contributed by atoms with van der Waals surface area (Å²) in [5, 5.41) is 18.7. The highest BCUT2D eigenvalue weighted by Gasteiger charge is 2.63. The third kappa shape index (κ3) is 2.46. The Balaban J connectivity index is 2.99. The van der Waals surface area contributed by atoms with Crippen molar-refractivity contribution in [2.24, 2.45) is 11.3 Å². The fraction of sp³-hybridized carbons (Fsp3) is 0.786. The van der Waals surface area contributed by atoms with E-state index in [1.807, 2.05) is 12.1 Å². The molecule has 0 unspecified atom stereocenters. The monoisotopic (exact) mass is 294 g/mol. The van der Waals surface area contributed by atoms with E-state index in [-0.39, 0.29) is 5.04 Å². The van der Waals surface area contributed by atoms with Crippen LogP contribution in [0.15, 0.2) is 0 Å². The number of esters is 1. The average molecular weight is 294 g/mol. The van der Waals surface area contributed by atoms with E-state index in [2.05, 4.69) is 38.6 Å². The van der Waals surface area contributed by atoms with Crippen molar-refractivity contribution >= 4 is 14.3 Å². The van der Waals surface area contributed by atoms with Crippen molar-refractivity contribution < 1.29 is 14.0 Å². The van der Waals surface area contributed by atoms with E-state index in [0.717, 1.165) is 0 Å². The standard InChI is InChI=1S/C14H22N2O3Si/c1-13(2,3)20(5,6)19-11-7-10(12(17)18-4)14(11,8-15)9-16/h10-11H,7H2,1-6H3/t10-,11-/m1/s1. The zero-order valence-corrected chi connectivity index (χ0v) is 14.0. The van der Waals surface area contributed by atoms with Crippen molar-refractivity contribution in [3.63, 3.8) is 0 Å². The summed E-state index contributed by atoms with van der Waals surface area (Å²) in [5.41, 5.74) is -1.41. The Morgan fingerprint density at radius 3 is 2.15 bits per heavy atom. The molecule has 2 atom stereocenters. The quantitative estimate of drug-likeness (QED) is 0.590. The van der Waals surface area contributed by atoms with Gasteiger partial charge >= 0.3 is 5.97 Å². The van der Waals surface area contributed by atoms with Gasteiger partial charge in [0.05, 0.1) is 31.3 Å².